The lowest BCUT2D eigenvalue weighted by atomic mass is 10.1. The van der Waals surface area contributed by atoms with Gasteiger partial charge in [-0.2, -0.15) is 0 Å². The summed E-state index contributed by atoms with van der Waals surface area (Å²) >= 11 is 0. The Labute approximate surface area is 133 Å². The van der Waals surface area contributed by atoms with E-state index in [1.54, 1.807) is 36.4 Å². The first-order chi connectivity index (χ1) is 10.9. The monoisotopic (exact) mass is 311 g/mol. The van der Waals surface area contributed by atoms with Gasteiger partial charge in [-0.05, 0) is 31.2 Å². The van der Waals surface area contributed by atoms with Crippen molar-refractivity contribution in [1.29, 1.82) is 0 Å². The maximum Gasteiger partial charge on any atom is 0.267 e. The smallest absolute Gasteiger partial charge is 0.267 e. The minimum atomic E-state index is -1.55. The number of rotatable bonds is 5. The van der Waals surface area contributed by atoms with Crippen molar-refractivity contribution in [3.8, 4) is 11.5 Å². The molecule has 0 heterocycles. The van der Waals surface area contributed by atoms with Crippen molar-refractivity contribution in [1.82, 2.24) is 0 Å². The fourth-order valence-electron chi connectivity index (χ4n) is 1.74. The molecule has 23 heavy (non-hydrogen) atoms. The highest BCUT2D eigenvalue weighted by Crippen LogP contribution is 2.18. The average Bonchev–Trinajstić information content (AvgIpc) is 2.53. The fraction of sp³-hybridized carbons (Fsp3) is 0.118. The molecule has 0 bridgehead atoms. The number of primary amides is 1. The minimum Gasteiger partial charge on any atom is -0.507 e. The van der Waals surface area contributed by atoms with E-state index in [-0.39, 0.29) is 11.5 Å². The Bertz CT molecular complexity index is 714. The summed E-state index contributed by atoms with van der Waals surface area (Å²) in [6, 6.07) is 13.1. The summed E-state index contributed by atoms with van der Waals surface area (Å²) in [4.78, 5) is 19.9. The quantitative estimate of drug-likeness (QED) is 0.733. The standard InChI is InChI=1S/C17H17N3O3/c1-17(16(18)23,19-10-12-6-2-4-8-14(12)21)20-11-13-7-3-5-9-15(13)22/h2-11,21-22H,1H3,(H2,18,23). The van der Waals surface area contributed by atoms with Gasteiger partial charge in [0.1, 0.15) is 11.5 Å². The van der Waals surface area contributed by atoms with Crippen LogP contribution < -0.4 is 5.73 Å². The summed E-state index contributed by atoms with van der Waals surface area (Å²) in [7, 11) is 0. The molecule has 0 fully saturated rings. The van der Waals surface area contributed by atoms with Gasteiger partial charge in [0.15, 0.2) is 0 Å². The van der Waals surface area contributed by atoms with Crippen molar-refractivity contribution in [2.45, 2.75) is 12.6 Å². The van der Waals surface area contributed by atoms with E-state index < -0.39 is 11.6 Å². The van der Waals surface area contributed by atoms with Crippen molar-refractivity contribution >= 4 is 18.3 Å². The van der Waals surface area contributed by atoms with Crippen LogP contribution in [0.2, 0.25) is 0 Å². The summed E-state index contributed by atoms with van der Waals surface area (Å²) in [5.74, 6) is -0.684. The van der Waals surface area contributed by atoms with Crippen LogP contribution in [0.15, 0.2) is 58.5 Å². The number of phenols is 2. The second-order valence-electron chi connectivity index (χ2n) is 5.02. The van der Waals surface area contributed by atoms with Gasteiger partial charge in [-0.3, -0.25) is 14.8 Å². The van der Waals surface area contributed by atoms with Crippen LogP contribution in [0.3, 0.4) is 0 Å². The van der Waals surface area contributed by atoms with Crippen LogP contribution in [0.4, 0.5) is 0 Å². The molecule has 118 valence electrons. The Kier molecular flexibility index (Phi) is 4.75. The number of nitrogens with two attached hydrogens (primary N) is 1. The summed E-state index contributed by atoms with van der Waals surface area (Å²) in [5.41, 5.74) is 4.72. The molecular formula is C17H17N3O3. The third-order valence-corrected chi connectivity index (χ3v) is 3.25. The minimum absolute atomic E-state index is 0.0350. The normalized spacial score (nSPS) is 14.1. The molecule has 0 aliphatic heterocycles. The van der Waals surface area contributed by atoms with Crippen LogP contribution in [0.5, 0.6) is 11.5 Å². The molecule has 2 aromatic rings. The second-order valence-corrected chi connectivity index (χ2v) is 5.02. The molecule has 0 unspecified atom stereocenters. The summed E-state index contributed by atoms with van der Waals surface area (Å²) in [5, 5.41) is 19.4. The van der Waals surface area contributed by atoms with Crippen LogP contribution >= 0.6 is 0 Å². The first-order valence-electron chi connectivity index (χ1n) is 6.89. The summed E-state index contributed by atoms with van der Waals surface area (Å²) in [6.07, 6.45) is 2.67. The molecule has 0 atom stereocenters. The largest absolute Gasteiger partial charge is 0.507 e. The van der Waals surface area contributed by atoms with Crippen LogP contribution in [0.25, 0.3) is 0 Å². The van der Waals surface area contributed by atoms with E-state index in [4.69, 9.17) is 5.73 Å². The topological polar surface area (TPSA) is 108 Å². The molecule has 0 radical (unpaired) electrons. The highest BCUT2D eigenvalue weighted by Gasteiger charge is 2.28. The zero-order valence-corrected chi connectivity index (χ0v) is 12.5. The number of aromatic hydroxyl groups is 2. The SMILES string of the molecule is CC(N=Cc1ccccc1O)(N=Cc1ccccc1O)C(N)=O. The molecule has 0 saturated carbocycles. The Hall–Kier alpha value is -3.15. The van der Waals surface area contributed by atoms with E-state index in [0.717, 1.165) is 0 Å². The predicted molar refractivity (Wildman–Crippen MR) is 89.0 cm³/mol. The Morgan fingerprint density at radius 2 is 1.35 bits per heavy atom. The second kappa shape index (κ2) is 6.74. The number of nitrogens with zero attached hydrogens (tertiary/aromatic N) is 2. The number of hydrogen-bond acceptors (Lipinski definition) is 5. The van der Waals surface area contributed by atoms with Gasteiger partial charge in [0.05, 0.1) is 0 Å². The van der Waals surface area contributed by atoms with E-state index in [2.05, 4.69) is 9.98 Å². The summed E-state index contributed by atoms with van der Waals surface area (Å²) < 4.78 is 0. The van der Waals surface area contributed by atoms with Crippen molar-refractivity contribution in [2.24, 2.45) is 15.7 Å². The van der Waals surface area contributed by atoms with Crippen molar-refractivity contribution < 1.29 is 15.0 Å². The Morgan fingerprint density at radius 1 is 0.957 bits per heavy atom. The van der Waals surface area contributed by atoms with Gasteiger partial charge >= 0.3 is 0 Å². The van der Waals surface area contributed by atoms with Crippen molar-refractivity contribution in [3.63, 3.8) is 0 Å². The molecule has 2 aromatic carbocycles. The molecule has 2 rings (SSSR count). The first-order valence-corrected chi connectivity index (χ1v) is 6.89. The van der Waals surface area contributed by atoms with E-state index in [1.807, 2.05) is 0 Å². The molecule has 0 spiro atoms. The lowest BCUT2D eigenvalue weighted by Gasteiger charge is -2.16. The average molecular weight is 311 g/mol. The Morgan fingerprint density at radius 3 is 1.70 bits per heavy atom. The Balaban J connectivity index is 2.31. The van der Waals surface area contributed by atoms with Crippen LogP contribution in [-0.4, -0.2) is 34.2 Å². The third kappa shape index (κ3) is 3.94. The van der Waals surface area contributed by atoms with E-state index in [9.17, 15) is 15.0 Å². The molecule has 0 aliphatic carbocycles. The van der Waals surface area contributed by atoms with Gasteiger partial charge in [0.2, 0.25) is 5.66 Å². The number of carbonyl (C=O) groups excluding carboxylic acids is 1. The fourth-order valence-corrected chi connectivity index (χ4v) is 1.74. The number of hydrogen-bond donors (Lipinski definition) is 3. The van der Waals surface area contributed by atoms with Crippen LogP contribution in [-0.2, 0) is 4.79 Å². The molecule has 6 nitrogen and oxygen atoms in total. The lowest BCUT2D eigenvalue weighted by Crippen LogP contribution is -2.37. The highest BCUT2D eigenvalue weighted by atomic mass is 16.3. The van der Waals surface area contributed by atoms with Gasteiger partial charge < -0.3 is 15.9 Å². The number of aliphatic imine (C=N–C) groups is 2. The predicted octanol–water partition coefficient (Wildman–Crippen LogP) is 1.84. The molecule has 1 amide bonds. The molecule has 4 N–H and O–H groups in total. The third-order valence-electron chi connectivity index (χ3n) is 3.25. The van der Waals surface area contributed by atoms with E-state index in [0.29, 0.717) is 11.1 Å². The maximum atomic E-state index is 11.7. The van der Waals surface area contributed by atoms with Crippen LogP contribution in [0, 0.1) is 0 Å². The van der Waals surface area contributed by atoms with Crippen molar-refractivity contribution in [2.75, 3.05) is 0 Å². The molecule has 0 aromatic heterocycles. The zero-order chi connectivity index (χ0) is 16.9. The molecular weight excluding hydrogens is 294 g/mol. The number of carbonyl (C=O) groups is 1. The van der Waals surface area contributed by atoms with Gasteiger partial charge in [0, 0.05) is 23.6 Å². The molecule has 6 heteroatoms. The van der Waals surface area contributed by atoms with E-state index in [1.165, 1.54) is 31.5 Å². The number of para-hydroxylation sites is 2. The highest BCUT2D eigenvalue weighted by molar-refractivity contribution is 5.92. The summed E-state index contributed by atoms with van der Waals surface area (Å²) in [6.45, 7) is 1.45. The van der Waals surface area contributed by atoms with Crippen LogP contribution in [0.1, 0.15) is 18.1 Å². The first kappa shape index (κ1) is 16.2. The molecule has 0 saturated heterocycles. The van der Waals surface area contributed by atoms with Gasteiger partial charge in [-0.1, -0.05) is 24.3 Å². The number of amides is 1. The number of phenolic OH excluding ortho intramolecular Hbond substituents is 2. The zero-order valence-electron chi connectivity index (χ0n) is 12.5. The number of benzene rings is 2. The maximum absolute atomic E-state index is 11.7. The van der Waals surface area contributed by atoms with Gasteiger partial charge in [-0.25, -0.2) is 0 Å². The van der Waals surface area contributed by atoms with E-state index >= 15 is 0 Å². The van der Waals surface area contributed by atoms with Gasteiger partial charge in [-0.15, -0.1) is 0 Å². The molecule has 0 aliphatic rings. The lowest BCUT2D eigenvalue weighted by molar-refractivity contribution is -0.122. The van der Waals surface area contributed by atoms with Gasteiger partial charge in [0.25, 0.3) is 5.91 Å². The van der Waals surface area contributed by atoms with Crippen molar-refractivity contribution in [3.05, 3.63) is 59.7 Å².